The molecular formula is C32H36F2N6O3. The fourth-order valence-electron chi connectivity index (χ4n) is 5.42. The molecular weight excluding hydrogens is 554 g/mol. The standard InChI is InChI=1S/C32H36F2N6O3/c1-35-32(42)40-16-12-25-19-26(7-8-28(25)40)39(17-18-43-21-29(33)34)27-9-13-36-30(20-27)37-31(41)24-5-3-22(4-6-24)23-10-14-38(2)15-11-23/h3-9,12-13,16,19-20,23,29H,10-11,14-15,17-18,21H2,1-2H3,(H,35,42)(H,36,37,41). The number of likely N-dealkylation sites (tertiary alicyclic amines) is 1. The number of nitrogens with zero attached hydrogens (tertiary/aromatic N) is 4. The molecule has 0 unspecified atom stereocenters. The van der Waals surface area contributed by atoms with Crippen molar-refractivity contribution in [3.63, 3.8) is 0 Å². The van der Waals surface area contributed by atoms with E-state index in [-0.39, 0.29) is 25.1 Å². The van der Waals surface area contributed by atoms with Crippen LogP contribution in [0.5, 0.6) is 0 Å². The number of amides is 2. The number of piperidine rings is 1. The zero-order valence-corrected chi connectivity index (χ0v) is 24.3. The van der Waals surface area contributed by atoms with E-state index in [4.69, 9.17) is 4.74 Å². The lowest BCUT2D eigenvalue weighted by atomic mass is 9.89. The van der Waals surface area contributed by atoms with Gasteiger partial charge in [-0.15, -0.1) is 0 Å². The number of rotatable bonds is 10. The second kappa shape index (κ2) is 13.7. The maximum atomic E-state index is 13.1. The topological polar surface area (TPSA) is 91.7 Å². The van der Waals surface area contributed by atoms with Gasteiger partial charge in [0.2, 0.25) is 0 Å². The highest BCUT2D eigenvalue weighted by Gasteiger charge is 2.19. The average Bonchev–Trinajstić information content (AvgIpc) is 3.44. The van der Waals surface area contributed by atoms with Gasteiger partial charge in [0, 0.05) is 54.4 Å². The predicted octanol–water partition coefficient (Wildman–Crippen LogP) is 5.71. The molecule has 0 radical (unpaired) electrons. The van der Waals surface area contributed by atoms with E-state index in [1.54, 1.807) is 31.6 Å². The molecule has 0 saturated carbocycles. The molecule has 3 heterocycles. The molecule has 11 heteroatoms. The number of nitrogens with one attached hydrogen (secondary N) is 2. The lowest BCUT2D eigenvalue weighted by Crippen LogP contribution is -2.29. The summed E-state index contributed by atoms with van der Waals surface area (Å²) in [5, 5.41) is 6.32. The Balaban J connectivity index is 1.34. The summed E-state index contributed by atoms with van der Waals surface area (Å²) in [6.45, 7) is 1.80. The molecule has 1 aliphatic heterocycles. The molecule has 9 nitrogen and oxygen atoms in total. The van der Waals surface area contributed by atoms with Crippen LogP contribution in [0.2, 0.25) is 0 Å². The van der Waals surface area contributed by atoms with Crippen LogP contribution in [0.15, 0.2) is 73.1 Å². The lowest BCUT2D eigenvalue weighted by Gasteiger charge is -2.29. The molecule has 2 amide bonds. The van der Waals surface area contributed by atoms with Crippen molar-refractivity contribution in [3.8, 4) is 0 Å². The molecule has 0 aliphatic carbocycles. The van der Waals surface area contributed by atoms with E-state index in [0.717, 1.165) is 42.5 Å². The van der Waals surface area contributed by atoms with Crippen molar-refractivity contribution in [2.45, 2.75) is 25.2 Å². The average molecular weight is 591 g/mol. The van der Waals surface area contributed by atoms with E-state index in [9.17, 15) is 18.4 Å². The molecule has 43 heavy (non-hydrogen) atoms. The minimum Gasteiger partial charge on any atom is -0.374 e. The van der Waals surface area contributed by atoms with Gasteiger partial charge in [-0.3, -0.25) is 9.36 Å². The molecule has 4 aromatic rings. The van der Waals surface area contributed by atoms with Gasteiger partial charge in [0.25, 0.3) is 12.3 Å². The van der Waals surface area contributed by atoms with Gasteiger partial charge in [-0.2, -0.15) is 0 Å². The molecule has 0 bridgehead atoms. The third-order valence-electron chi connectivity index (χ3n) is 7.78. The van der Waals surface area contributed by atoms with Gasteiger partial charge in [0.1, 0.15) is 12.4 Å². The van der Waals surface area contributed by atoms with Crippen LogP contribution in [0, 0.1) is 0 Å². The molecule has 5 rings (SSSR count). The van der Waals surface area contributed by atoms with Crippen molar-refractivity contribution in [1.29, 1.82) is 0 Å². The van der Waals surface area contributed by atoms with Crippen molar-refractivity contribution in [2.75, 3.05) is 57.2 Å². The Kier molecular flexibility index (Phi) is 9.63. The zero-order valence-electron chi connectivity index (χ0n) is 24.3. The molecule has 0 atom stereocenters. The minimum absolute atomic E-state index is 0.0509. The highest BCUT2D eigenvalue weighted by atomic mass is 19.3. The first kappa shape index (κ1) is 30.1. The van der Waals surface area contributed by atoms with E-state index >= 15 is 0 Å². The van der Waals surface area contributed by atoms with E-state index in [1.165, 1.54) is 10.1 Å². The van der Waals surface area contributed by atoms with E-state index in [1.807, 2.05) is 53.4 Å². The van der Waals surface area contributed by atoms with Gasteiger partial charge < -0.3 is 25.2 Å². The minimum atomic E-state index is -2.56. The lowest BCUT2D eigenvalue weighted by molar-refractivity contribution is 0.0206. The number of ether oxygens (including phenoxy) is 1. The fourth-order valence-corrected chi connectivity index (χ4v) is 5.42. The first-order chi connectivity index (χ1) is 20.8. The number of hydrogen-bond acceptors (Lipinski definition) is 6. The number of hydrogen-bond donors (Lipinski definition) is 2. The highest BCUT2D eigenvalue weighted by molar-refractivity contribution is 6.04. The number of pyridine rings is 1. The van der Waals surface area contributed by atoms with Crippen LogP contribution in [0.3, 0.4) is 0 Å². The van der Waals surface area contributed by atoms with Crippen molar-refractivity contribution in [1.82, 2.24) is 19.8 Å². The van der Waals surface area contributed by atoms with Crippen molar-refractivity contribution >= 4 is 40.0 Å². The highest BCUT2D eigenvalue weighted by Crippen LogP contribution is 2.31. The van der Waals surface area contributed by atoms with Crippen molar-refractivity contribution in [2.24, 2.45) is 0 Å². The normalized spacial score (nSPS) is 14.3. The Labute approximate surface area is 249 Å². The van der Waals surface area contributed by atoms with Crippen LogP contribution in [0.1, 0.15) is 34.7 Å². The Morgan fingerprint density at radius 3 is 2.51 bits per heavy atom. The number of carbonyl (C=O) groups excluding carboxylic acids is 2. The van der Waals surface area contributed by atoms with Gasteiger partial charge in [-0.1, -0.05) is 12.1 Å². The SMILES string of the molecule is CNC(=O)n1ccc2cc(N(CCOCC(F)F)c3ccnc(NC(=O)c4ccc(C5CCN(C)CC5)cc4)c3)ccc21. The molecule has 2 N–H and O–H groups in total. The second-order valence-corrected chi connectivity index (χ2v) is 10.7. The largest absolute Gasteiger partial charge is 0.374 e. The zero-order chi connectivity index (χ0) is 30.3. The summed E-state index contributed by atoms with van der Waals surface area (Å²) in [4.78, 5) is 33.9. The summed E-state index contributed by atoms with van der Waals surface area (Å²) in [6, 6.07) is 18.4. The Bertz CT molecular complexity index is 1550. The van der Waals surface area contributed by atoms with Crippen molar-refractivity contribution in [3.05, 3.63) is 84.2 Å². The monoisotopic (exact) mass is 590 g/mol. The molecule has 1 aliphatic rings. The van der Waals surface area contributed by atoms with Crippen LogP contribution in [-0.4, -0.2) is 79.8 Å². The summed E-state index contributed by atoms with van der Waals surface area (Å²) in [5.41, 5.74) is 3.95. The Hall–Kier alpha value is -4.35. The van der Waals surface area contributed by atoms with Crippen LogP contribution < -0.4 is 15.5 Å². The molecule has 2 aromatic carbocycles. The van der Waals surface area contributed by atoms with Crippen LogP contribution in [0.4, 0.5) is 30.8 Å². The quantitative estimate of drug-likeness (QED) is 0.230. The smallest absolute Gasteiger partial charge is 0.325 e. The van der Waals surface area contributed by atoms with Crippen LogP contribution >= 0.6 is 0 Å². The summed E-state index contributed by atoms with van der Waals surface area (Å²) in [6.07, 6.45) is 2.92. The summed E-state index contributed by atoms with van der Waals surface area (Å²) in [5.74, 6) is 0.583. The summed E-state index contributed by atoms with van der Waals surface area (Å²) >= 11 is 0. The first-order valence-electron chi connectivity index (χ1n) is 14.3. The summed E-state index contributed by atoms with van der Waals surface area (Å²) in [7, 11) is 3.70. The predicted molar refractivity (Wildman–Crippen MR) is 164 cm³/mol. The molecule has 226 valence electrons. The number of fused-ring (bicyclic) bond motifs is 1. The molecule has 1 saturated heterocycles. The number of benzene rings is 2. The van der Waals surface area contributed by atoms with Crippen LogP contribution in [-0.2, 0) is 4.74 Å². The number of alkyl halides is 2. The van der Waals surface area contributed by atoms with Crippen molar-refractivity contribution < 1.29 is 23.1 Å². The molecule has 1 fully saturated rings. The fraction of sp³-hybridized carbons (Fsp3) is 0.344. The maximum absolute atomic E-state index is 13.1. The van der Waals surface area contributed by atoms with Gasteiger partial charge >= 0.3 is 6.03 Å². The second-order valence-electron chi connectivity index (χ2n) is 10.7. The maximum Gasteiger partial charge on any atom is 0.325 e. The molecule has 2 aromatic heterocycles. The molecule has 0 spiro atoms. The Morgan fingerprint density at radius 1 is 1.05 bits per heavy atom. The van der Waals surface area contributed by atoms with Crippen LogP contribution in [0.25, 0.3) is 10.9 Å². The summed E-state index contributed by atoms with van der Waals surface area (Å²) < 4.78 is 32.1. The van der Waals surface area contributed by atoms with Gasteiger partial charge in [0.15, 0.2) is 0 Å². The number of anilines is 3. The van der Waals surface area contributed by atoms with Gasteiger partial charge in [0.05, 0.1) is 12.1 Å². The third kappa shape index (κ3) is 7.36. The third-order valence-corrected chi connectivity index (χ3v) is 7.78. The van der Waals surface area contributed by atoms with Gasteiger partial charge in [-0.05, 0) is 86.9 Å². The van der Waals surface area contributed by atoms with Gasteiger partial charge in [-0.25, -0.2) is 18.6 Å². The van der Waals surface area contributed by atoms with E-state index in [0.29, 0.717) is 23.0 Å². The van der Waals surface area contributed by atoms with E-state index in [2.05, 4.69) is 27.6 Å². The Morgan fingerprint density at radius 2 is 1.79 bits per heavy atom. The number of halogens is 2. The van der Waals surface area contributed by atoms with E-state index < -0.39 is 13.0 Å². The number of aromatic nitrogens is 2. The number of carbonyl (C=O) groups is 2. The first-order valence-corrected chi connectivity index (χ1v) is 14.3.